The lowest BCUT2D eigenvalue weighted by atomic mass is 10.0. The van der Waals surface area contributed by atoms with Gasteiger partial charge in [-0.15, -0.1) is 0 Å². The first-order valence-electron chi connectivity index (χ1n) is 7.51. The van der Waals surface area contributed by atoms with Crippen molar-refractivity contribution in [3.05, 3.63) is 0 Å². The number of hydrogen-bond acceptors (Lipinski definition) is 4. The Morgan fingerprint density at radius 2 is 1.95 bits per heavy atom. The molecule has 0 aromatic rings. The van der Waals surface area contributed by atoms with Crippen LogP contribution >= 0.6 is 0 Å². The average molecular weight is 282 g/mol. The fourth-order valence-electron chi connectivity index (χ4n) is 3.42. The smallest absolute Gasteiger partial charge is 0.329 e. The summed E-state index contributed by atoms with van der Waals surface area (Å²) in [6, 6.07) is -0.853. The van der Waals surface area contributed by atoms with E-state index in [0.29, 0.717) is 5.92 Å². The quantitative estimate of drug-likeness (QED) is 0.778. The maximum Gasteiger partial charge on any atom is 0.329 e. The van der Waals surface area contributed by atoms with E-state index in [1.165, 1.54) is 0 Å². The molecule has 0 aromatic heterocycles. The highest BCUT2D eigenvalue weighted by Gasteiger charge is 2.50. The van der Waals surface area contributed by atoms with Gasteiger partial charge in [-0.3, -0.25) is 4.79 Å². The van der Waals surface area contributed by atoms with Crippen LogP contribution < -0.4 is 5.73 Å². The summed E-state index contributed by atoms with van der Waals surface area (Å²) in [4.78, 5) is 26.5. The second-order valence-electron chi connectivity index (χ2n) is 7.08. The van der Waals surface area contributed by atoms with Crippen molar-refractivity contribution in [2.75, 3.05) is 0 Å². The third kappa shape index (κ3) is 2.97. The minimum Gasteiger partial charge on any atom is -0.458 e. The van der Waals surface area contributed by atoms with Gasteiger partial charge in [0.05, 0.1) is 6.04 Å². The summed E-state index contributed by atoms with van der Waals surface area (Å²) in [5, 5.41) is 0. The SMILES string of the molecule is C[C@H](N)C(=O)N1[C@@H]2CCC[C@H]2C[C@H]1C(=O)OC(C)(C)C. The first kappa shape index (κ1) is 15.3. The summed E-state index contributed by atoms with van der Waals surface area (Å²) in [6.07, 6.45) is 3.91. The van der Waals surface area contributed by atoms with Crippen LogP contribution in [0.2, 0.25) is 0 Å². The summed E-state index contributed by atoms with van der Waals surface area (Å²) >= 11 is 0. The van der Waals surface area contributed by atoms with E-state index >= 15 is 0 Å². The predicted octanol–water partition coefficient (Wildman–Crippen LogP) is 1.44. The number of nitrogens with two attached hydrogens (primary N) is 1. The Labute approximate surface area is 120 Å². The Morgan fingerprint density at radius 3 is 2.50 bits per heavy atom. The third-order valence-corrected chi connectivity index (χ3v) is 4.16. The number of likely N-dealkylation sites (tertiary alicyclic amines) is 1. The highest BCUT2D eigenvalue weighted by molar-refractivity contribution is 5.88. The van der Waals surface area contributed by atoms with Gasteiger partial charge in [0.15, 0.2) is 0 Å². The Morgan fingerprint density at radius 1 is 1.30 bits per heavy atom. The van der Waals surface area contributed by atoms with Crippen molar-refractivity contribution in [2.24, 2.45) is 11.7 Å². The summed E-state index contributed by atoms with van der Waals surface area (Å²) in [5.41, 5.74) is 5.21. The number of esters is 1. The number of fused-ring (bicyclic) bond motifs is 1. The Hall–Kier alpha value is -1.10. The number of rotatable bonds is 2. The number of ether oxygens (including phenoxy) is 1. The lowest BCUT2D eigenvalue weighted by Crippen LogP contribution is -2.51. The average Bonchev–Trinajstić information content (AvgIpc) is 2.84. The Bertz CT molecular complexity index is 400. The lowest BCUT2D eigenvalue weighted by molar-refractivity contribution is -0.164. The second-order valence-corrected chi connectivity index (χ2v) is 7.08. The van der Waals surface area contributed by atoms with Gasteiger partial charge in [0.25, 0.3) is 0 Å². The van der Waals surface area contributed by atoms with E-state index in [9.17, 15) is 9.59 Å². The molecule has 2 aliphatic rings. The minimum atomic E-state index is -0.570. The molecule has 1 saturated heterocycles. The van der Waals surface area contributed by atoms with Gasteiger partial charge in [-0.05, 0) is 52.9 Å². The van der Waals surface area contributed by atoms with Crippen LogP contribution in [0.5, 0.6) is 0 Å². The first-order valence-corrected chi connectivity index (χ1v) is 7.51. The van der Waals surface area contributed by atoms with Gasteiger partial charge in [-0.1, -0.05) is 6.42 Å². The summed E-state index contributed by atoms with van der Waals surface area (Å²) in [7, 11) is 0. The van der Waals surface area contributed by atoms with Crippen molar-refractivity contribution in [3.63, 3.8) is 0 Å². The molecule has 0 spiro atoms. The Kier molecular flexibility index (Phi) is 4.09. The minimum absolute atomic E-state index is 0.129. The van der Waals surface area contributed by atoms with E-state index in [-0.39, 0.29) is 17.9 Å². The zero-order valence-electron chi connectivity index (χ0n) is 12.9. The molecule has 5 nitrogen and oxygen atoms in total. The topological polar surface area (TPSA) is 72.6 Å². The lowest BCUT2D eigenvalue weighted by Gasteiger charge is -2.31. The molecule has 1 aliphatic heterocycles. The highest BCUT2D eigenvalue weighted by Crippen LogP contribution is 2.42. The Balaban J connectivity index is 2.18. The van der Waals surface area contributed by atoms with Gasteiger partial charge in [-0.2, -0.15) is 0 Å². The second kappa shape index (κ2) is 5.35. The van der Waals surface area contributed by atoms with Crippen LogP contribution in [0.3, 0.4) is 0 Å². The molecule has 0 aromatic carbocycles. The van der Waals surface area contributed by atoms with Crippen LogP contribution in [0.1, 0.15) is 53.4 Å². The zero-order chi connectivity index (χ0) is 15.1. The molecule has 2 rings (SSSR count). The molecule has 1 amide bonds. The fourth-order valence-corrected chi connectivity index (χ4v) is 3.42. The van der Waals surface area contributed by atoms with Crippen molar-refractivity contribution in [2.45, 2.75) is 77.1 Å². The molecular formula is C15H26N2O3. The number of carbonyl (C=O) groups excluding carboxylic acids is 2. The van der Waals surface area contributed by atoms with Crippen molar-refractivity contribution in [1.29, 1.82) is 0 Å². The van der Waals surface area contributed by atoms with E-state index in [4.69, 9.17) is 10.5 Å². The van der Waals surface area contributed by atoms with Gasteiger partial charge < -0.3 is 15.4 Å². The van der Waals surface area contributed by atoms with Crippen LogP contribution in [-0.4, -0.2) is 40.5 Å². The summed E-state index contributed by atoms with van der Waals surface area (Å²) in [6.45, 7) is 7.21. The van der Waals surface area contributed by atoms with E-state index in [1.54, 1.807) is 11.8 Å². The van der Waals surface area contributed by atoms with Crippen LogP contribution in [0, 0.1) is 5.92 Å². The van der Waals surface area contributed by atoms with Gasteiger partial charge in [-0.25, -0.2) is 4.79 Å². The molecule has 0 bridgehead atoms. The van der Waals surface area contributed by atoms with Crippen LogP contribution in [0.4, 0.5) is 0 Å². The molecule has 0 radical (unpaired) electrons. The van der Waals surface area contributed by atoms with Crippen molar-refractivity contribution >= 4 is 11.9 Å². The number of nitrogens with zero attached hydrogens (tertiary/aromatic N) is 1. The molecule has 1 saturated carbocycles. The summed E-state index contributed by atoms with van der Waals surface area (Å²) < 4.78 is 5.47. The number of carbonyl (C=O) groups is 2. The van der Waals surface area contributed by atoms with Gasteiger partial charge >= 0.3 is 5.97 Å². The van der Waals surface area contributed by atoms with E-state index in [1.807, 2.05) is 20.8 Å². The fraction of sp³-hybridized carbons (Fsp3) is 0.867. The monoisotopic (exact) mass is 282 g/mol. The maximum absolute atomic E-state index is 12.4. The normalized spacial score (nSPS) is 31.1. The first-order chi connectivity index (χ1) is 9.20. The predicted molar refractivity (Wildman–Crippen MR) is 75.9 cm³/mol. The van der Waals surface area contributed by atoms with Gasteiger partial charge in [0, 0.05) is 6.04 Å². The number of hydrogen-bond donors (Lipinski definition) is 1. The van der Waals surface area contributed by atoms with Crippen LogP contribution in [0.25, 0.3) is 0 Å². The molecule has 20 heavy (non-hydrogen) atoms. The number of amides is 1. The standard InChI is InChI=1S/C15H26N2O3/c1-9(16)13(18)17-11-7-5-6-10(11)8-12(17)14(19)20-15(2,3)4/h9-12H,5-8,16H2,1-4H3/t9-,10-,11+,12-/m0/s1. The van der Waals surface area contributed by atoms with Gasteiger partial charge in [0.2, 0.25) is 5.91 Å². The molecule has 1 aliphatic carbocycles. The molecule has 4 atom stereocenters. The van der Waals surface area contributed by atoms with Crippen LogP contribution in [-0.2, 0) is 14.3 Å². The molecule has 1 heterocycles. The van der Waals surface area contributed by atoms with E-state index < -0.39 is 17.7 Å². The van der Waals surface area contributed by atoms with E-state index in [0.717, 1.165) is 25.7 Å². The highest BCUT2D eigenvalue weighted by atomic mass is 16.6. The third-order valence-electron chi connectivity index (χ3n) is 4.16. The van der Waals surface area contributed by atoms with Crippen molar-refractivity contribution in [1.82, 2.24) is 4.90 Å². The summed E-state index contributed by atoms with van der Waals surface area (Å²) in [5.74, 6) is 0.00591. The maximum atomic E-state index is 12.4. The molecule has 5 heteroatoms. The zero-order valence-corrected chi connectivity index (χ0v) is 12.9. The van der Waals surface area contributed by atoms with Gasteiger partial charge in [0.1, 0.15) is 11.6 Å². The van der Waals surface area contributed by atoms with Crippen LogP contribution in [0.15, 0.2) is 0 Å². The molecule has 114 valence electrons. The molecule has 2 N–H and O–H groups in total. The molecule has 2 fully saturated rings. The van der Waals surface area contributed by atoms with E-state index in [2.05, 4.69) is 0 Å². The van der Waals surface area contributed by atoms with Crippen molar-refractivity contribution in [3.8, 4) is 0 Å². The largest absolute Gasteiger partial charge is 0.458 e. The van der Waals surface area contributed by atoms with Crippen molar-refractivity contribution < 1.29 is 14.3 Å². The molecular weight excluding hydrogens is 256 g/mol. The molecule has 0 unspecified atom stereocenters.